The summed E-state index contributed by atoms with van der Waals surface area (Å²) in [6.07, 6.45) is 3.75. The molecule has 0 saturated heterocycles. The largest absolute Gasteiger partial charge is 0.398 e. The number of rotatable bonds is 2. The van der Waals surface area contributed by atoms with E-state index in [0.717, 1.165) is 5.56 Å². The van der Waals surface area contributed by atoms with Gasteiger partial charge in [-0.2, -0.15) is 0 Å². The van der Waals surface area contributed by atoms with E-state index in [0.29, 0.717) is 16.6 Å². The van der Waals surface area contributed by atoms with Crippen LogP contribution in [0.15, 0.2) is 24.3 Å². The van der Waals surface area contributed by atoms with Crippen LogP contribution in [0, 0.1) is 0 Å². The third-order valence-corrected chi connectivity index (χ3v) is 1.94. The molecule has 1 aromatic carbocycles. The minimum absolute atomic E-state index is 0.503. The first kappa shape index (κ1) is 9.43. The zero-order valence-corrected chi connectivity index (χ0v) is 7.94. The average molecular weight is 202 g/mol. The van der Waals surface area contributed by atoms with E-state index in [1.807, 2.05) is 24.3 Å². The summed E-state index contributed by atoms with van der Waals surface area (Å²) in [5.41, 5.74) is 7.20. The molecule has 1 nitrogen and oxygen atoms in total. The van der Waals surface area contributed by atoms with E-state index in [9.17, 15) is 0 Å². The Morgan fingerprint density at radius 3 is 2.75 bits per heavy atom. The number of allylic oxidation sites excluding steroid dienone is 1. The van der Waals surface area contributed by atoms with Crippen LogP contribution in [0.3, 0.4) is 0 Å². The predicted molar refractivity (Wildman–Crippen MR) is 55.6 cm³/mol. The van der Waals surface area contributed by atoms with E-state index < -0.39 is 0 Å². The fourth-order valence-corrected chi connectivity index (χ4v) is 1.05. The highest BCUT2D eigenvalue weighted by Crippen LogP contribution is 2.19. The van der Waals surface area contributed by atoms with E-state index in [2.05, 4.69) is 0 Å². The van der Waals surface area contributed by atoms with Gasteiger partial charge in [0.25, 0.3) is 0 Å². The Morgan fingerprint density at radius 2 is 2.17 bits per heavy atom. The number of benzene rings is 1. The molecule has 0 aromatic heterocycles. The molecule has 0 aliphatic heterocycles. The van der Waals surface area contributed by atoms with Crippen molar-refractivity contribution in [2.75, 3.05) is 11.6 Å². The smallest absolute Gasteiger partial charge is 0.0635 e. The Bertz CT molecular complexity index is 295. The van der Waals surface area contributed by atoms with Gasteiger partial charge >= 0.3 is 0 Å². The van der Waals surface area contributed by atoms with Crippen LogP contribution in [0.4, 0.5) is 5.69 Å². The molecular formula is C9H9Cl2N. The van der Waals surface area contributed by atoms with Crippen molar-refractivity contribution in [3.63, 3.8) is 0 Å². The van der Waals surface area contributed by atoms with E-state index in [1.165, 1.54) is 0 Å². The summed E-state index contributed by atoms with van der Waals surface area (Å²) in [7, 11) is 0. The zero-order valence-electron chi connectivity index (χ0n) is 6.43. The summed E-state index contributed by atoms with van der Waals surface area (Å²) >= 11 is 11.2. The highest BCUT2D eigenvalue weighted by Gasteiger charge is 1.94. The van der Waals surface area contributed by atoms with Crippen LogP contribution in [0.25, 0.3) is 6.08 Å². The summed E-state index contributed by atoms with van der Waals surface area (Å²) in [6.45, 7) is 0. The molecule has 12 heavy (non-hydrogen) atoms. The first-order chi connectivity index (χ1) is 5.74. The first-order valence-corrected chi connectivity index (χ1v) is 4.43. The molecule has 1 aromatic rings. The molecule has 1 rings (SSSR count). The zero-order chi connectivity index (χ0) is 8.97. The molecule has 0 aliphatic carbocycles. The Balaban J connectivity index is 2.89. The van der Waals surface area contributed by atoms with Gasteiger partial charge in [0.2, 0.25) is 0 Å². The summed E-state index contributed by atoms with van der Waals surface area (Å²) < 4.78 is 0. The molecular weight excluding hydrogens is 193 g/mol. The maximum Gasteiger partial charge on any atom is 0.0635 e. The lowest BCUT2D eigenvalue weighted by molar-refractivity contribution is 1.63. The lowest BCUT2D eigenvalue weighted by atomic mass is 10.2. The van der Waals surface area contributed by atoms with Gasteiger partial charge in [0.1, 0.15) is 0 Å². The van der Waals surface area contributed by atoms with Crippen molar-refractivity contribution in [2.45, 2.75) is 0 Å². The third kappa shape index (κ3) is 2.43. The molecule has 0 aliphatic rings. The molecule has 0 unspecified atom stereocenters. The summed E-state index contributed by atoms with van der Waals surface area (Å²) in [5, 5.41) is 0.582. The fraction of sp³-hybridized carbons (Fsp3) is 0.111. The molecule has 64 valence electrons. The standard InChI is InChI=1S/C9H9Cl2N/c10-5-1-2-7-3-4-8(11)9(12)6-7/h1-4,6H,5,12H2. The number of hydrogen-bond acceptors (Lipinski definition) is 1. The van der Waals surface area contributed by atoms with Gasteiger partial charge in [0, 0.05) is 5.88 Å². The van der Waals surface area contributed by atoms with Gasteiger partial charge in [0.15, 0.2) is 0 Å². The Morgan fingerprint density at radius 1 is 1.42 bits per heavy atom. The van der Waals surface area contributed by atoms with E-state index in [-0.39, 0.29) is 0 Å². The maximum atomic E-state index is 5.74. The molecule has 0 amide bonds. The quantitative estimate of drug-likeness (QED) is 0.578. The van der Waals surface area contributed by atoms with Crippen LogP contribution in [0.5, 0.6) is 0 Å². The van der Waals surface area contributed by atoms with Crippen molar-refractivity contribution in [2.24, 2.45) is 0 Å². The topological polar surface area (TPSA) is 26.0 Å². The van der Waals surface area contributed by atoms with E-state index >= 15 is 0 Å². The summed E-state index contributed by atoms with van der Waals surface area (Å²) in [4.78, 5) is 0. The minimum atomic E-state index is 0.503. The van der Waals surface area contributed by atoms with Crippen molar-refractivity contribution >= 4 is 35.0 Å². The predicted octanol–water partition coefficient (Wildman–Crippen LogP) is 3.17. The fourth-order valence-electron chi connectivity index (χ4n) is 0.847. The SMILES string of the molecule is Nc1cc(C=CCCl)ccc1Cl. The highest BCUT2D eigenvalue weighted by atomic mass is 35.5. The molecule has 0 fully saturated rings. The van der Waals surface area contributed by atoms with Crippen molar-refractivity contribution < 1.29 is 0 Å². The maximum absolute atomic E-state index is 5.74. The number of anilines is 1. The van der Waals surface area contributed by atoms with Gasteiger partial charge in [-0.3, -0.25) is 0 Å². The lowest BCUT2D eigenvalue weighted by Gasteiger charge is -1.98. The molecule has 2 N–H and O–H groups in total. The molecule has 0 radical (unpaired) electrons. The van der Waals surface area contributed by atoms with Gasteiger partial charge in [-0.15, -0.1) is 11.6 Å². The normalized spacial score (nSPS) is 10.8. The molecule has 0 saturated carbocycles. The van der Waals surface area contributed by atoms with E-state index in [4.69, 9.17) is 28.9 Å². The second kappa shape index (κ2) is 4.39. The Hall–Kier alpha value is -0.660. The van der Waals surface area contributed by atoms with Crippen molar-refractivity contribution in [1.29, 1.82) is 0 Å². The average Bonchev–Trinajstić information content (AvgIpc) is 2.07. The lowest BCUT2D eigenvalue weighted by Crippen LogP contribution is -1.86. The number of nitrogen functional groups attached to an aromatic ring is 1. The van der Waals surface area contributed by atoms with Gasteiger partial charge < -0.3 is 5.73 Å². The molecule has 0 spiro atoms. The van der Waals surface area contributed by atoms with Crippen LogP contribution < -0.4 is 5.73 Å². The molecule has 0 atom stereocenters. The Kier molecular flexibility index (Phi) is 3.45. The van der Waals surface area contributed by atoms with Crippen molar-refractivity contribution in [3.05, 3.63) is 34.9 Å². The van der Waals surface area contributed by atoms with Crippen LogP contribution in [-0.4, -0.2) is 5.88 Å². The van der Waals surface area contributed by atoms with Crippen LogP contribution in [-0.2, 0) is 0 Å². The van der Waals surface area contributed by atoms with Crippen molar-refractivity contribution in [1.82, 2.24) is 0 Å². The van der Waals surface area contributed by atoms with Gasteiger partial charge in [-0.1, -0.05) is 29.8 Å². The molecule has 0 bridgehead atoms. The van der Waals surface area contributed by atoms with Gasteiger partial charge in [-0.05, 0) is 17.7 Å². The first-order valence-electron chi connectivity index (χ1n) is 3.51. The Labute approximate surface area is 81.8 Å². The van der Waals surface area contributed by atoms with Crippen LogP contribution in [0.2, 0.25) is 5.02 Å². The van der Waals surface area contributed by atoms with Gasteiger partial charge in [0.05, 0.1) is 10.7 Å². The number of halogens is 2. The monoisotopic (exact) mass is 201 g/mol. The summed E-state index contributed by atoms with van der Waals surface area (Å²) in [6, 6.07) is 5.47. The summed E-state index contributed by atoms with van der Waals surface area (Å²) in [5.74, 6) is 0.503. The minimum Gasteiger partial charge on any atom is -0.398 e. The second-order valence-electron chi connectivity index (χ2n) is 2.34. The van der Waals surface area contributed by atoms with Gasteiger partial charge in [-0.25, -0.2) is 0 Å². The highest BCUT2D eigenvalue weighted by molar-refractivity contribution is 6.33. The number of alkyl halides is 1. The van der Waals surface area contributed by atoms with Crippen LogP contribution >= 0.6 is 23.2 Å². The van der Waals surface area contributed by atoms with Crippen LogP contribution in [0.1, 0.15) is 5.56 Å². The van der Waals surface area contributed by atoms with E-state index in [1.54, 1.807) is 6.07 Å². The second-order valence-corrected chi connectivity index (χ2v) is 3.05. The number of nitrogens with two attached hydrogens (primary N) is 1. The van der Waals surface area contributed by atoms with Crippen molar-refractivity contribution in [3.8, 4) is 0 Å². The molecule has 0 heterocycles. The molecule has 3 heteroatoms. The number of hydrogen-bond donors (Lipinski definition) is 1. The third-order valence-electron chi connectivity index (χ3n) is 1.42.